The fourth-order valence-corrected chi connectivity index (χ4v) is 4.99. The van der Waals surface area contributed by atoms with E-state index >= 15 is 0 Å². The summed E-state index contributed by atoms with van der Waals surface area (Å²) in [6.45, 7) is 0. The zero-order valence-corrected chi connectivity index (χ0v) is 13.5. The molecule has 0 atom stereocenters. The number of fused-ring (bicyclic) bond motifs is 6. The summed E-state index contributed by atoms with van der Waals surface area (Å²) in [6, 6.07) is 23.7. The van der Waals surface area contributed by atoms with Gasteiger partial charge < -0.3 is 0 Å². The van der Waals surface area contributed by atoms with E-state index in [9.17, 15) is 0 Å². The van der Waals surface area contributed by atoms with Gasteiger partial charge in [0.05, 0.1) is 21.6 Å². The number of nitrogens with zero attached hydrogens (tertiary/aromatic N) is 2. The lowest BCUT2D eigenvalue weighted by molar-refractivity contribution is 1.34. The number of benzene rings is 2. The standard InChI is InChI=1S/C21H12N2S/c1-2-10-18-13(6-1)14-7-5-8-15-16-12-19(17-9-3-4-11-22-17)24-21(16)23(18)20(14)15/h1-12H. The van der Waals surface area contributed by atoms with Crippen LogP contribution in [0.3, 0.4) is 0 Å². The Hall–Kier alpha value is -2.91. The molecular formula is C21H12N2S. The largest absolute Gasteiger partial charge is 0.299 e. The van der Waals surface area contributed by atoms with E-state index in [1.54, 1.807) is 0 Å². The van der Waals surface area contributed by atoms with Crippen LogP contribution in [0, 0.1) is 0 Å². The molecule has 4 aromatic heterocycles. The van der Waals surface area contributed by atoms with Crippen molar-refractivity contribution in [3.05, 3.63) is 72.9 Å². The maximum atomic E-state index is 4.52. The molecule has 112 valence electrons. The number of pyridine rings is 1. The van der Waals surface area contributed by atoms with E-state index in [2.05, 4.69) is 64.0 Å². The summed E-state index contributed by atoms with van der Waals surface area (Å²) < 4.78 is 2.42. The molecule has 4 heterocycles. The lowest BCUT2D eigenvalue weighted by Gasteiger charge is -1.95. The van der Waals surface area contributed by atoms with Crippen LogP contribution in [-0.2, 0) is 0 Å². The van der Waals surface area contributed by atoms with Gasteiger partial charge in [0.25, 0.3) is 0 Å². The summed E-state index contributed by atoms with van der Waals surface area (Å²) in [6.07, 6.45) is 1.86. The van der Waals surface area contributed by atoms with Gasteiger partial charge in [0.1, 0.15) is 4.83 Å². The molecule has 6 aromatic rings. The molecule has 2 aromatic carbocycles. The van der Waals surface area contributed by atoms with E-state index in [0.29, 0.717) is 0 Å². The molecule has 3 heteroatoms. The predicted octanol–water partition coefficient (Wildman–Crippen LogP) is 5.96. The van der Waals surface area contributed by atoms with E-state index < -0.39 is 0 Å². The summed E-state index contributed by atoms with van der Waals surface area (Å²) in [4.78, 5) is 7.05. The van der Waals surface area contributed by atoms with Crippen molar-refractivity contribution < 1.29 is 0 Å². The first-order valence-corrected chi connectivity index (χ1v) is 8.81. The fourth-order valence-electron chi connectivity index (χ4n) is 3.82. The number of aromatic nitrogens is 2. The smallest absolute Gasteiger partial charge is 0.109 e. The molecule has 0 aliphatic rings. The zero-order chi connectivity index (χ0) is 15.7. The van der Waals surface area contributed by atoms with E-state index in [1.807, 2.05) is 29.7 Å². The van der Waals surface area contributed by atoms with Gasteiger partial charge in [0.15, 0.2) is 0 Å². The topological polar surface area (TPSA) is 17.3 Å². The van der Waals surface area contributed by atoms with Crippen molar-refractivity contribution in [2.45, 2.75) is 0 Å². The molecule has 0 saturated heterocycles. The number of rotatable bonds is 1. The first-order valence-electron chi connectivity index (χ1n) is 8.00. The first kappa shape index (κ1) is 12.5. The average Bonchev–Trinajstić information content (AvgIpc) is 3.29. The second kappa shape index (κ2) is 4.34. The molecule has 0 aliphatic carbocycles. The Morgan fingerprint density at radius 1 is 0.750 bits per heavy atom. The molecule has 0 bridgehead atoms. The first-order chi connectivity index (χ1) is 11.9. The van der Waals surface area contributed by atoms with Gasteiger partial charge in [-0.15, -0.1) is 11.3 Å². The Balaban J connectivity index is 1.85. The minimum Gasteiger partial charge on any atom is -0.299 e. The van der Waals surface area contributed by atoms with Crippen LogP contribution in [-0.4, -0.2) is 9.38 Å². The predicted molar refractivity (Wildman–Crippen MR) is 102 cm³/mol. The second-order valence-electron chi connectivity index (χ2n) is 6.10. The molecule has 0 radical (unpaired) electrons. The maximum absolute atomic E-state index is 4.52. The number of hydrogen-bond acceptors (Lipinski definition) is 2. The maximum Gasteiger partial charge on any atom is 0.109 e. The molecule has 0 fully saturated rings. The molecule has 0 N–H and O–H groups in total. The molecular weight excluding hydrogens is 312 g/mol. The molecule has 0 spiro atoms. The third kappa shape index (κ3) is 1.43. The van der Waals surface area contributed by atoms with Crippen molar-refractivity contribution in [1.82, 2.24) is 9.38 Å². The van der Waals surface area contributed by atoms with Crippen molar-refractivity contribution in [2.75, 3.05) is 0 Å². The highest BCUT2D eigenvalue weighted by atomic mass is 32.1. The van der Waals surface area contributed by atoms with Crippen molar-refractivity contribution in [3.63, 3.8) is 0 Å². The van der Waals surface area contributed by atoms with E-state index in [0.717, 1.165) is 5.69 Å². The van der Waals surface area contributed by atoms with Gasteiger partial charge >= 0.3 is 0 Å². The minimum absolute atomic E-state index is 1.04. The lowest BCUT2D eigenvalue weighted by atomic mass is 10.1. The second-order valence-corrected chi connectivity index (χ2v) is 7.13. The van der Waals surface area contributed by atoms with Crippen LogP contribution >= 0.6 is 11.3 Å². The van der Waals surface area contributed by atoms with Crippen molar-refractivity contribution in [2.24, 2.45) is 0 Å². The molecule has 24 heavy (non-hydrogen) atoms. The summed E-state index contributed by atoms with van der Waals surface area (Å²) in [5.74, 6) is 0. The quantitative estimate of drug-likeness (QED) is 0.365. The molecule has 0 saturated carbocycles. The Kier molecular flexibility index (Phi) is 2.26. The lowest BCUT2D eigenvalue weighted by Crippen LogP contribution is -1.77. The highest BCUT2D eigenvalue weighted by Crippen LogP contribution is 2.43. The third-order valence-electron chi connectivity index (χ3n) is 4.82. The van der Waals surface area contributed by atoms with Crippen molar-refractivity contribution >= 4 is 48.7 Å². The van der Waals surface area contributed by atoms with Crippen LogP contribution in [0.5, 0.6) is 0 Å². The molecule has 2 nitrogen and oxygen atoms in total. The highest BCUT2D eigenvalue weighted by Gasteiger charge is 2.19. The van der Waals surface area contributed by atoms with Gasteiger partial charge in [0, 0.05) is 27.7 Å². The van der Waals surface area contributed by atoms with Crippen LogP contribution in [0.2, 0.25) is 0 Å². The van der Waals surface area contributed by atoms with Crippen LogP contribution in [0.1, 0.15) is 0 Å². The van der Waals surface area contributed by atoms with Crippen LogP contribution in [0.15, 0.2) is 72.9 Å². The van der Waals surface area contributed by atoms with Gasteiger partial charge in [-0.1, -0.05) is 42.5 Å². The van der Waals surface area contributed by atoms with Crippen LogP contribution in [0.25, 0.3) is 48.0 Å². The fraction of sp³-hybridized carbons (Fsp3) is 0. The monoisotopic (exact) mass is 324 g/mol. The van der Waals surface area contributed by atoms with Gasteiger partial charge in [-0.3, -0.25) is 9.38 Å². The Morgan fingerprint density at radius 3 is 2.42 bits per heavy atom. The van der Waals surface area contributed by atoms with E-state index in [4.69, 9.17) is 0 Å². The summed E-state index contributed by atoms with van der Waals surface area (Å²) in [5, 5.41) is 5.32. The van der Waals surface area contributed by atoms with E-state index in [1.165, 1.54) is 42.3 Å². The van der Waals surface area contributed by atoms with Crippen LogP contribution < -0.4 is 0 Å². The minimum atomic E-state index is 1.04. The zero-order valence-electron chi connectivity index (χ0n) is 12.7. The van der Waals surface area contributed by atoms with Crippen LogP contribution in [0.4, 0.5) is 0 Å². The summed E-state index contributed by atoms with van der Waals surface area (Å²) >= 11 is 1.82. The Labute approximate surface area is 141 Å². The molecule has 0 amide bonds. The van der Waals surface area contributed by atoms with Crippen molar-refractivity contribution in [3.8, 4) is 10.6 Å². The molecule has 6 rings (SSSR count). The van der Waals surface area contributed by atoms with Gasteiger partial charge in [-0.25, -0.2) is 0 Å². The van der Waals surface area contributed by atoms with Gasteiger partial charge in [-0.2, -0.15) is 0 Å². The Morgan fingerprint density at radius 2 is 1.54 bits per heavy atom. The number of thiophene rings is 1. The number of hydrogen-bond donors (Lipinski definition) is 0. The summed E-state index contributed by atoms with van der Waals surface area (Å²) in [7, 11) is 0. The van der Waals surface area contributed by atoms with Gasteiger partial charge in [0.2, 0.25) is 0 Å². The Bertz CT molecular complexity index is 1340. The summed E-state index contributed by atoms with van der Waals surface area (Å²) in [5.41, 5.74) is 3.67. The SMILES string of the molecule is c1ccc(-c2cc3c4cccc5c6ccccc6n(c3s2)c54)nc1. The van der Waals surface area contributed by atoms with Gasteiger partial charge in [-0.05, 0) is 24.3 Å². The molecule has 0 unspecified atom stereocenters. The normalized spacial score (nSPS) is 12.2. The third-order valence-corrected chi connectivity index (χ3v) is 5.96. The average molecular weight is 324 g/mol. The molecule has 0 aliphatic heterocycles. The van der Waals surface area contributed by atoms with E-state index in [-0.39, 0.29) is 0 Å². The highest BCUT2D eigenvalue weighted by molar-refractivity contribution is 7.22. The van der Waals surface area contributed by atoms with Crippen molar-refractivity contribution in [1.29, 1.82) is 0 Å². The number of para-hydroxylation sites is 2.